The Labute approximate surface area is 189 Å². The second-order valence-corrected chi connectivity index (χ2v) is 9.80. The molecule has 0 saturated heterocycles. The number of rotatable bonds is 9. The molecule has 0 saturated carbocycles. The fraction of sp³-hybridized carbons (Fsp3) is 0.333. The van der Waals surface area contributed by atoms with Gasteiger partial charge in [0.05, 0.1) is 34.6 Å². The minimum Gasteiger partial charge on any atom is -0.493 e. The molecule has 0 N–H and O–H groups in total. The smallest absolute Gasteiger partial charge is 0.257 e. The fourth-order valence-corrected chi connectivity index (χ4v) is 4.05. The number of nitrogens with zero attached hydrogens (tertiary/aromatic N) is 3. The van der Waals surface area contributed by atoms with E-state index in [0.717, 1.165) is 17.6 Å². The molecule has 7 nitrogen and oxygen atoms in total. The van der Waals surface area contributed by atoms with Crippen LogP contribution in [0.1, 0.15) is 35.0 Å². The number of sulfone groups is 1. The van der Waals surface area contributed by atoms with E-state index >= 15 is 0 Å². The van der Waals surface area contributed by atoms with Crippen LogP contribution in [-0.2, 0) is 16.3 Å². The topological polar surface area (TPSA) is 81.5 Å². The van der Waals surface area contributed by atoms with Gasteiger partial charge >= 0.3 is 0 Å². The van der Waals surface area contributed by atoms with E-state index in [1.807, 2.05) is 42.8 Å². The maximum Gasteiger partial charge on any atom is 0.257 e. The van der Waals surface area contributed by atoms with Gasteiger partial charge < -0.3 is 9.64 Å². The van der Waals surface area contributed by atoms with Gasteiger partial charge in [-0.25, -0.2) is 13.1 Å². The van der Waals surface area contributed by atoms with Gasteiger partial charge in [-0.2, -0.15) is 5.10 Å². The Kier molecular flexibility index (Phi) is 7.35. The Hall–Kier alpha value is -3.13. The summed E-state index contributed by atoms with van der Waals surface area (Å²) in [4.78, 5) is 14.9. The number of hydrogen-bond acceptors (Lipinski definition) is 5. The zero-order valence-corrected chi connectivity index (χ0v) is 19.7. The number of amides is 1. The predicted octanol–water partition coefficient (Wildman–Crippen LogP) is 3.69. The Bertz CT molecular complexity index is 1180. The molecule has 0 unspecified atom stereocenters. The lowest BCUT2D eigenvalue weighted by molar-refractivity contribution is 0.0786. The van der Waals surface area contributed by atoms with E-state index in [1.165, 1.54) is 17.7 Å². The van der Waals surface area contributed by atoms with Crippen LogP contribution in [0.15, 0.2) is 59.6 Å². The normalized spacial score (nSPS) is 11.4. The van der Waals surface area contributed by atoms with Gasteiger partial charge in [-0.05, 0) is 50.1 Å². The number of aryl methyl sites for hydroxylation is 1. The maximum absolute atomic E-state index is 13.0. The predicted molar refractivity (Wildman–Crippen MR) is 124 cm³/mol. The number of benzene rings is 2. The van der Waals surface area contributed by atoms with Gasteiger partial charge in [0.15, 0.2) is 9.84 Å². The standard InChI is InChI=1S/C24H29N3O4S/c1-5-23-22(17-25-27(23)19-12-10-18(2)11-13-19)24(28)26(3)14-7-15-31-20-8-6-9-21(16-20)32(4,29)30/h6,8-13,16-17H,5,7,14-15H2,1-4H3. The van der Waals surface area contributed by atoms with E-state index in [9.17, 15) is 13.2 Å². The molecule has 0 aliphatic heterocycles. The van der Waals surface area contributed by atoms with Crippen molar-refractivity contribution in [2.75, 3.05) is 26.5 Å². The molecular weight excluding hydrogens is 426 g/mol. The number of aromatic nitrogens is 2. The zero-order chi connectivity index (χ0) is 23.3. The number of hydrogen-bond donors (Lipinski definition) is 0. The average Bonchev–Trinajstić information content (AvgIpc) is 3.20. The highest BCUT2D eigenvalue weighted by molar-refractivity contribution is 7.90. The molecule has 0 bridgehead atoms. The Morgan fingerprint density at radius 2 is 1.88 bits per heavy atom. The van der Waals surface area contributed by atoms with Crippen molar-refractivity contribution in [2.45, 2.75) is 31.6 Å². The van der Waals surface area contributed by atoms with Crippen molar-refractivity contribution < 1.29 is 17.9 Å². The lowest BCUT2D eigenvalue weighted by atomic mass is 10.1. The molecule has 3 aromatic rings. The second kappa shape index (κ2) is 9.99. The van der Waals surface area contributed by atoms with Crippen LogP contribution in [0.3, 0.4) is 0 Å². The summed E-state index contributed by atoms with van der Waals surface area (Å²) in [6.07, 6.45) is 4.09. The summed E-state index contributed by atoms with van der Waals surface area (Å²) in [6, 6.07) is 14.5. The van der Waals surface area contributed by atoms with Gasteiger partial charge in [0, 0.05) is 19.8 Å². The Balaban J connectivity index is 1.60. The molecule has 1 aromatic heterocycles. The van der Waals surface area contributed by atoms with E-state index in [0.29, 0.717) is 37.3 Å². The molecule has 1 heterocycles. The molecular formula is C24H29N3O4S. The van der Waals surface area contributed by atoms with Gasteiger partial charge in [0.2, 0.25) is 0 Å². The highest BCUT2D eigenvalue weighted by Crippen LogP contribution is 2.19. The molecule has 3 rings (SSSR count). The quantitative estimate of drug-likeness (QED) is 0.460. The Morgan fingerprint density at radius 1 is 1.16 bits per heavy atom. The number of ether oxygens (including phenoxy) is 1. The van der Waals surface area contributed by atoms with Crippen LogP contribution in [0.2, 0.25) is 0 Å². The summed E-state index contributed by atoms with van der Waals surface area (Å²) in [6.45, 7) is 4.91. The molecule has 2 aromatic carbocycles. The largest absolute Gasteiger partial charge is 0.493 e. The first-order valence-corrected chi connectivity index (χ1v) is 12.4. The van der Waals surface area contributed by atoms with Crippen molar-refractivity contribution >= 4 is 15.7 Å². The van der Waals surface area contributed by atoms with E-state index in [-0.39, 0.29) is 10.8 Å². The summed E-state index contributed by atoms with van der Waals surface area (Å²) in [5.74, 6) is 0.411. The third-order valence-electron chi connectivity index (χ3n) is 5.20. The van der Waals surface area contributed by atoms with Crippen molar-refractivity contribution in [1.29, 1.82) is 0 Å². The molecule has 0 fully saturated rings. The number of carbonyl (C=O) groups is 1. The van der Waals surface area contributed by atoms with Crippen molar-refractivity contribution in [1.82, 2.24) is 14.7 Å². The molecule has 0 aliphatic carbocycles. The summed E-state index contributed by atoms with van der Waals surface area (Å²) >= 11 is 0. The first kappa shape index (κ1) is 23.5. The van der Waals surface area contributed by atoms with Gasteiger partial charge in [-0.3, -0.25) is 4.79 Å². The van der Waals surface area contributed by atoms with Crippen LogP contribution < -0.4 is 4.74 Å². The third-order valence-corrected chi connectivity index (χ3v) is 6.31. The van der Waals surface area contributed by atoms with Crippen molar-refractivity contribution in [2.24, 2.45) is 0 Å². The fourth-order valence-electron chi connectivity index (χ4n) is 3.39. The van der Waals surface area contributed by atoms with Gasteiger partial charge in [-0.15, -0.1) is 0 Å². The average molecular weight is 456 g/mol. The first-order valence-electron chi connectivity index (χ1n) is 10.5. The highest BCUT2D eigenvalue weighted by Gasteiger charge is 2.20. The molecule has 0 spiro atoms. The maximum atomic E-state index is 13.0. The SMILES string of the molecule is CCc1c(C(=O)N(C)CCCOc2cccc(S(C)(=O)=O)c2)cnn1-c1ccc(C)cc1. The first-order chi connectivity index (χ1) is 15.2. The van der Waals surface area contributed by atoms with E-state index in [2.05, 4.69) is 5.10 Å². The van der Waals surface area contributed by atoms with Crippen LogP contribution in [0, 0.1) is 6.92 Å². The minimum absolute atomic E-state index is 0.0840. The summed E-state index contributed by atoms with van der Waals surface area (Å²) in [5, 5.41) is 4.45. The molecule has 0 radical (unpaired) electrons. The summed E-state index contributed by atoms with van der Waals surface area (Å²) in [5.41, 5.74) is 3.57. The second-order valence-electron chi connectivity index (χ2n) is 7.78. The van der Waals surface area contributed by atoms with E-state index in [4.69, 9.17) is 4.74 Å². The van der Waals surface area contributed by atoms with Crippen LogP contribution in [0.25, 0.3) is 5.69 Å². The highest BCUT2D eigenvalue weighted by atomic mass is 32.2. The summed E-state index contributed by atoms with van der Waals surface area (Å²) in [7, 11) is -1.52. The molecule has 0 aliphatic rings. The van der Waals surface area contributed by atoms with Crippen molar-refractivity contribution in [3.63, 3.8) is 0 Å². The van der Waals surface area contributed by atoms with Crippen molar-refractivity contribution in [3.8, 4) is 11.4 Å². The zero-order valence-electron chi connectivity index (χ0n) is 18.9. The molecule has 0 atom stereocenters. The molecule has 170 valence electrons. The Morgan fingerprint density at radius 3 is 2.53 bits per heavy atom. The number of carbonyl (C=O) groups excluding carboxylic acids is 1. The third kappa shape index (κ3) is 5.56. The monoisotopic (exact) mass is 455 g/mol. The van der Waals surface area contributed by atoms with Crippen LogP contribution in [-0.4, -0.2) is 55.5 Å². The van der Waals surface area contributed by atoms with Gasteiger partial charge in [0.1, 0.15) is 5.75 Å². The summed E-state index contributed by atoms with van der Waals surface area (Å²) < 4.78 is 30.8. The van der Waals surface area contributed by atoms with Gasteiger partial charge in [0.25, 0.3) is 5.91 Å². The lowest BCUT2D eigenvalue weighted by Crippen LogP contribution is -2.29. The van der Waals surface area contributed by atoms with Gasteiger partial charge in [-0.1, -0.05) is 30.7 Å². The van der Waals surface area contributed by atoms with Crippen molar-refractivity contribution in [3.05, 3.63) is 71.5 Å². The molecule has 32 heavy (non-hydrogen) atoms. The lowest BCUT2D eigenvalue weighted by Gasteiger charge is -2.18. The van der Waals surface area contributed by atoms with E-state index < -0.39 is 9.84 Å². The molecule has 1 amide bonds. The molecule has 8 heteroatoms. The van der Waals surface area contributed by atoms with E-state index in [1.54, 1.807) is 30.3 Å². The minimum atomic E-state index is -3.28. The van der Waals surface area contributed by atoms with Crippen LogP contribution in [0.5, 0.6) is 5.75 Å². The van der Waals surface area contributed by atoms with Crippen LogP contribution in [0.4, 0.5) is 0 Å². The van der Waals surface area contributed by atoms with Crippen LogP contribution >= 0.6 is 0 Å².